The minimum Gasteiger partial charge on any atom is -0.312 e. The molecule has 0 spiro atoms. The van der Waals surface area contributed by atoms with Crippen LogP contribution in [0.5, 0.6) is 0 Å². The summed E-state index contributed by atoms with van der Waals surface area (Å²) in [5.41, 5.74) is 1.45. The Hall–Kier alpha value is -0.530. The van der Waals surface area contributed by atoms with Gasteiger partial charge in [0.15, 0.2) is 0 Å². The second kappa shape index (κ2) is 4.12. The van der Waals surface area contributed by atoms with Crippen molar-refractivity contribution in [3.63, 3.8) is 0 Å². The van der Waals surface area contributed by atoms with Crippen LogP contribution in [0.4, 0.5) is 0 Å². The van der Waals surface area contributed by atoms with E-state index in [4.69, 9.17) is 11.6 Å². The number of alkyl halides is 1. The number of halogens is 1. The molecule has 13 heavy (non-hydrogen) atoms. The van der Waals surface area contributed by atoms with Gasteiger partial charge in [-0.05, 0) is 12.0 Å². The Labute approximate surface area is 84.1 Å². The zero-order valence-corrected chi connectivity index (χ0v) is 8.30. The first-order valence-corrected chi connectivity index (χ1v) is 5.29. The van der Waals surface area contributed by atoms with E-state index in [0.717, 1.165) is 12.5 Å². The molecule has 1 aliphatic rings. The molecule has 1 aromatic rings. The van der Waals surface area contributed by atoms with Crippen molar-refractivity contribution < 1.29 is 0 Å². The van der Waals surface area contributed by atoms with E-state index in [-0.39, 0.29) is 0 Å². The monoisotopic (exact) mass is 195 g/mol. The summed E-state index contributed by atoms with van der Waals surface area (Å²) in [5, 5.41) is 3.42. The Morgan fingerprint density at radius 1 is 1.31 bits per heavy atom. The first-order chi connectivity index (χ1) is 6.42. The molecular weight excluding hydrogens is 182 g/mol. The van der Waals surface area contributed by atoms with Crippen molar-refractivity contribution in [1.29, 1.82) is 0 Å². The van der Waals surface area contributed by atoms with E-state index in [0.29, 0.717) is 11.9 Å². The largest absolute Gasteiger partial charge is 0.312 e. The fraction of sp³-hybridized carbons (Fsp3) is 0.455. The van der Waals surface area contributed by atoms with Gasteiger partial charge in [0.05, 0.1) is 0 Å². The molecule has 2 unspecified atom stereocenters. The fourth-order valence-electron chi connectivity index (χ4n) is 1.73. The highest BCUT2D eigenvalue weighted by Gasteiger charge is 2.37. The van der Waals surface area contributed by atoms with E-state index in [9.17, 15) is 0 Å². The van der Waals surface area contributed by atoms with E-state index in [1.165, 1.54) is 12.0 Å². The molecule has 1 nitrogen and oxygen atoms in total. The van der Waals surface area contributed by atoms with Crippen molar-refractivity contribution in [2.75, 3.05) is 12.4 Å². The summed E-state index contributed by atoms with van der Waals surface area (Å²) in [6.07, 6.45) is 1.26. The lowest BCUT2D eigenvalue weighted by atomic mass is 10.1. The molecule has 0 aliphatic heterocycles. The average molecular weight is 196 g/mol. The standard InChI is InChI=1S/C11H14ClN/c12-6-7-13-11-8-10(11)9-4-2-1-3-5-9/h1-5,10-11,13H,6-8H2. The van der Waals surface area contributed by atoms with Gasteiger partial charge in [-0.15, -0.1) is 11.6 Å². The van der Waals surface area contributed by atoms with Crippen LogP contribution in [-0.2, 0) is 0 Å². The first-order valence-electron chi connectivity index (χ1n) is 4.76. The number of rotatable bonds is 4. The van der Waals surface area contributed by atoms with Crippen molar-refractivity contribution in [3.8, 4) is 0 Å². The van der Waals surface area contributed by atoms with Gasteiger partial charge >= 0.3 is 0 Å². The lowest BCUT2D eigenvalue weighted by Crippen LogP contribution is -2.20. The average Bonchev–Trinajstić information content (AvgIpc) is 2.95. The number of nitrogens with one attached hydrogen (secondary N) is 1. The molecule has 0 saturated heterocycles. The van der Waals surface area contributed by atoms with Crippen LogP contribution in [0, 0.1) is 0 Å². The molecule has 70 valence electrons. The third-order valence-electron chi connectivity index (χ3n) is 2.52. The lowest BCUT2D eigenvalue weighted by molar-refractivity contribution is 0.706. The van der Waals surface area contributed by atoms with Crippen LogP contribution in [0.25, 0.3) is 0 Å². The van der Waals surface area contributed by atoms with Crippen molar-refractivity contribution >= 4 is 11.6 Å². The van der Waals surface area contributed by atoms with Crippen LogP contribution in [0.3, 0.4) is 0 Å². The Bertz CT molecular complexity index is 260. The Morgan fingerprint density at radius 3 is 2.77 bits per heavy atom. The maximum atomic E-state index is 5.60. The van der Waals surface area contributed by atoms with E-state index in [1.807, 2.05) is 0 Å². The predicted octanol–water partition coefficient (Wildman–Crippen LogP) is 2.37. The van der Waals surface area contributed by atoms with Gasteiger partial charge in [0.1, 0.15) is 0 Å². The molecule has 2 rings (SSSR count). The van der Waals surface area contributed by atoms with Crippen LogP contribution >= 0.6 is 11.6 Å². The lowest BCUT2D eigenvalue weighted by Gasteiger charge is -2.01. The highest BCUT2D eigenvalue weighted by molar-refractivity contribution is 6.18. The Balaban J connectivity index is 1.86. The summed E-state index contributed by atoms with van der Waals surface area (Å²) in [4.78, 5) is 0. The van der Waals surface area contributed by atoms with Gasteiger partial charge < -0.3 is 5.32 Å². The minimum atomic E-state index is 0.668. The summed E-state index contributed by atoms with van der Waals surface area (Å²) in [6.45, 7) is 0.926. The predicted molar refractivity (Wildman–Crippen MR) is 56.3 cm³/mol. The maximum Gasteiger partial charge on any atom is 0.0348 e. The zero-order chi connectivity index (χ0) is 9.10. The molecule has 1 aliphatic carbocycles. The highest BCUT2D eigenvalue weighted by atomic mass is 35.5. The molecule has 1 aromatic carbocycles. The van der Waals surface area contributed by atoms with E-state index in [1.54, 1.807) is 0 Å². The van der Waals surface area contributed by atoms with E-state index >= 15 is 0 Å². The van der Waals surface area contributed by atoms with Gasteiger partial charge in [0, 0.05) is 24.4 Å². The molecule has 1 saturated carbocycles. The van der Waals surface area contributed by atoms with Gasteiger partial charge in [-0.25, -0.2) is 0 Å². The third kappa shape index (κ3) is 2.23. The van der Waals surface area contributed by atoms with Gasteiger partial charge in [0.2, 0.25) is 0 Å². The summed E-state index contributed by atoms with van der Waals surface area (Å²) in [6, 6.07) is 11.3. The van der Waals surface area contributed by atoms with Crippen molar-refractivity contribution in [3.05, 3.63) is 35.9 Å². The molecule has 2 atom stereocenters. The maximum absolute atomic E-state index is 5.60. The molecule has 1 N–H and O–H groups in total. The normalized spacial score (nSPS) is 25.9. The molecule has 0 amide bonds. The summed E-state index contributed by atoms with van der Waals surface area (Å²) in [7, 11) is 0. The molecule has 2 heteroatoms. The van der Waals surface area contributed by atoms with Gasteiger partial charge in [-0.1, -0.05) is 30.3 Å². The Kier molecular flexibility index (Phi) is 2.87. The van der Waals surface area contributed by atoms with E-state index < -0.39 is 0 Å². The Morgan fingerprint density at radius 2 is 2.08 bits per heavy atom. The topological polar surface area (TPSA) is 12.0 Å². The van der Waals surface area contributed by atoms with Crippen LogP contribution in [0.15, 0.2) is 30.3 Å². The summed E-state index contributed by atoms with van der Waals surface area (Å²) in [5.74, 6) is 1.43. The first kappa shape index (κ1) is 9.04. The van der Waals surface area contributed by atoms with Gasteiger partial charge in [-0.2, -0.15) is 0 Å². The number of benzene rings is 1. The molecule has 0 aromatic heterocycles. The van der Waals surface area contributed by atoms with Crippen LogP contribution in [0.1, 0.15) is 17.9 Å². The van der Waals surface area contributed by atoms with Crippen molar-refractivity contribution in [1.82, 2.24) is 5.32 Å². The number of hydrogen-bond donors (Lipinski definition) is 1. The SMILES string of the molecule is ClCCNC1CC1c1ccccc1. The number of hydrogen-bond acceptors (Lipinski definition) is 1. The molecule has 0 heterocycles. The molecule has 0 bridgehead atoms. The minimum absolute atomic E-state index is 0.668. The smallest absolute Gasteiger partial charge is 0.0348 e. The second-order valence-corrected chi connectivity index (χ2v) is 3.88. The van der Waals surface area contributed by atoms with Crippen LogP contribution < -0.4 is 5.32 Å². The molecule has 0 radical (unpaired) electrons. The summed E-state index contributed by atoms with van der Waals surface area (Å²) < 4.78 is 0. The van der Waals surface area contributed by atoms with E-state index in [2.05, 4.69) is 35.6 Å². The highest BCUT2D eigenvalue weighted by Crippen LogP contribution is 2.40. The van der Waals surface area contributed by atoms with Crippen molar-refractivity contribution in [2.24, 2.45) is 0 Å². The molecule has 1 fully saturated rings. The van der Waals surface area contributed by atoms with Crippen LogP contribution in [-0.4, -0.2) is 18.5 Å². The second-order valence-electron chi connectivity index (χ2n) is 3.50. The van der Waals surface area contributed by atoms with Gasteiger partial charge in [0.25, 0.3) is 0 Å². The van der Waals surface area contributed by atoms with Gasteiger partial charge in [-0.3, -0.25) is 0 Å². The molecular formula is C11H14ClN. The summed E-state index contributed by atoms with van der Waals surface area (Å²) >= 11 is 5.60. The third-order valence-corrected chi connectivity index (χ3v) is 2.71. The van der Waals surface area contributed by atoms with Crippen molar-refractivity contribution in [2.45, 2.75) is 18.4 Å². The quantitative estimate of drug-likeness (QED) is 0.728. The fourth-order valence-corrected chi connectivity index (χ4v) is 1.84. The zero-order valence-electron chi connectivity index (χ0n) is 7.54. The van der Waals surface area contributed by atoms with Crippen LogP contribution in [0.2, 0.25) is 0 Å².